The molecule has 1 unspecified atom stereocenters. The molecule has 2 amide bonds. The number of carbonyl (C=O) groups is 1. The predicted molar refractivity (Wildman–Crippen MR) is 97.2 cm³/mol. The molecule has 3 aromatic heterocycles. The van der Waals surface area contributed by atoms with E-state index in [1.54, 1.807) is 17.3 Å². The summed E-state index contributed by atoms with van der Waals surface area (Å²) >= 11 is 0. The number of amides is 2. The van der Waals surface area contributed by atoms with Crippen LogP contribution in [0.2, 0.25) is 0 Å². The maximum Gasteiger partial charge on any atom is 0.318 e. The summed E-state index contributed by atoms with van der Waals surface area (Å²) in [6, 6.07) is 3.50. The summed E-state index contributed by atoms with van der Waals surface area (Å²) in [5, 5.41) is 3.12. The monoisotopic (exact) mass is 369 g/mol. The Morgan fingerprint density at radius 2 is 1.81 bits per heavy atom. The van der Waals surface area contributed by atoms with Gasteiger partial charge in [-0.15, -0.1) is 0 Å². The number of urea groups is 1. The fourth-order valence-electron chi connectivity index (χ4n) is 2.79. The molecule has 0 spiro atoms. The number of aromatic nitrogens is 3. The van der Waals surface area contributed by atoms with Gasteiger partial charge in [-0.3, -0.25) is 4.98 Å². The van der Waals surface area contributed by atoms with Gasteiger partial charge >= 0.3 is 6.03 Å². The lowest BCUT2D eigenvalue weighted by Crippen LogP contribution is -2.41. The quantitative estimate of drug-likeness (QED) is 0.652. The van der Waals surface area contributed by atoms with E-state index in [4.69, 9.17) is 8.83 Å². The topological polar surface area (TPSA) is 97.3 Å². The first-order chi connectivity index (χ1) is 13.1. The highest BCUT2D eigenvalue weighted by molar-refractivity contribution is 5.74. The van der Waals surface area contributed by atoms with E-state index in [1.807, 2.05) is 12.1 Å². The van der Waals surface area contributed by atoms with Crippen LogP contribution in [0.1, 0.15) is 43.3 Å². The molecule has 0 radical (unpaired) electrons. The molecule has 1 N–H and O–H groups in total. The summed E-state index contributed by atoms with van der Waals surface area (Å²) in [4.78, 5) is 27.1. The Morgan fingerprint density at radius 1 is 1.15 bits per heavy atom. The minimum Gasteiger partial charge on any atom is -0.451 e. The lowest BCUT2D eigenvalue weighted by atomic mass is 9.98. The smallest absolute Gasteiger partial charge is 0.318 e. The molecule has 0 aromatic carbocycles. The van der Waals surface area contributed by atoms with E-state index in [0.717, 1.165) is 12.0 Å². The maximum atomic E-state index is 13.0. The normalized spacial score (nSPS) is 12.1. The van der Waals surface area contributed by atoms with Gasteiger partial charge in [-0.2, -0.15) is 0 Å². The zero-order chi connectivity index (χ0) is 19.1. The van der Waals surface area contributed by atoms with E-state index in [0.29, 0.717) is 30.4 Å². The Kier molecular flexibility index (Phi) is 6.19. The number of nitrogens with one attached hydrogen (secondary N) is 1. The van der Waals surface area contributed by atoms with Gasteiger partial charge < -0.3 is 19.1 Å². The van der Waals surface area contributed by atoms with Crippen molar-refractivity contribution in [3.63, 3.8) is 0 Å². The van der Waals surface area contributed by atoms with E-state index in [2.05, 4.69) is 34.1 Å². The van der Waals surface area contributed by atoms with Crippen LogP contribution >= 0.6 is 0 Å². The van der Waals surface area contributed by atoms with Gasteiger partial charge in [-0.1, -0.05) is 19.9 Å². The third kappa shape index (κ3) is 5.40. The molecule has 0 bridgehead atoms. The fourth-order valence-corrected chi connectivity index (χ4v) is 2.79. The van der Waals surface area contributed by atoms with Crippen molar-refractivity contribution < 1.29 is 13.6 Å². The molecule has 3 aromatic rings. The molecule has 0 aliphatic rings. The van der Waals surface area contributed by atoms with Gasteiger partial charge in [0.15, 0.2) is 12.8 Å². The third-order valence-electron chi connectivity index (χ3n) is 4.05. The summed E-state index contributed by atoms with van der Waals surface area (Å²) in [7, 11) is 0. The Morgan fingerprint density at radius 3 is 2.30 bits per heavy atom. The van der Waals surface area contributed by atoms with Crippen LogP contribution in [0.25, 0.3) is 0 Å². The molecule has 0 aliphatic carbocycles. The van der Waals surface area contributed by atoms with E-state index < -0.39 is 0 Å². The Labute approximate surface area is 157 Å². The second-order valence-corrected chi connectivity index (χ2v) is 6.73. The summed E-state index contributed by atoms with van der Waals surface area (Å²) < 4.78 is 10.0. The van der Waals surface area contributed by atoms with Gasteiger partial charge in [0.1, 0.15) is 12.5 Å². The van der Waals surface area contributed by atoms with Gasteiger partial charge in [-0.05, 0) is 24.0 Å². The van der Waals surface area contributed by atoms with Crippen molar-refractivity contribution in [1.82, 2.24) is 25.2 Å². The van der Waals surface area contributed by atoms with Crippen LogP contribution in [0.5, 0.6) is 0 Å². The SMILES string of the molecule is CC(C)CC(NC(=O)N(Cc1cocn1)Cc1cocn1)c1cccnc1. The lowest BCUT2D eigenvalue weighted by Gasteiger charge is -2.26. The van der Waals surface area contributed by atoms with Crippen molar-refractivity contribution >= 4 is 6.03 Å². The second-order valence-electron chi connectivity index (χ2n) is 6.73. The first-order valence-corrected chi connectivity index (χ1v) is 8.81. The van der Waals surface area contributed by atoms with Crippen molar-refractivity contribution in [3.05, 3.63) is 66.8 Å². The zero-order valence-corrected chi connectivity index (χ0v) is 15.4. The highest BCUT2D eigenvalue weighted by atomic mass is 16.3. The molecule has 1 atom stereocenters. The molecule has 0 saturated carbocycles. The summed E-state index contributed by atoms with van der Waals surface area (Å²) in [5.74, 6) is 0.412. The average molecular weight is 369 g/mol. The van der Waals surface area contributed by atoms with Gasteiger partial charge in [-0.25, -0.2) is 14.8 Å². The Hall–Kier alpha value is -3.16. The van der Waals surface area contributed by atoms with Crippen molar-refractivity contribution in [2.75, 3.05) is 0 Å². The first-order valence-electron chi connectivity index (χ1n) is 8.81. The molecule has 0 saturated heterocycles. The van der Waals surface area contributed by atoms with Crippen LogP contribution in [-0.4, -0.2) is 25.9 Å². The number of oxazole rings is 2. The maximum absolute atomic E-state index is 13.0. The van der Waals surface area contributed by atoms with Crippen molar-refractivity contribution in [2.24, 2.45) is 5.92 Å². The second kappa shape index (κ2) is 8.98. The Bertz CT molecular complexity index is 767. The molecule has 27 heavy (non-hydrogen) atoms. The van der Waals surface area contributed by atoms with E-state index >= 15 is 0 Å². The van der Waals surface area contributed by atoms with Gasteiger partial charge in [0.25, 0.3) is 0 Å². The molecule has 3 heterocycles. The van der Waals surface area contributed by atoms with Crippen LogP contribution < -0.4 is 5.32 Å². The summed E-state index contributed by atoms with van der Waals surface area (Å²) in [5.41, 5.74) is 2.30. The number of hydrogen-bond acceptors (Lipinski definition) is 6. The van der Waals surface area contributed by atoms with Crippen LogP contribution in [0, 0.1) is 5.92 Å². The zero-order valence-electron chi connectivity index (χ0n) is 15.4. The van der Waals surface area contributed by atoms with Crippen LogP contribution in [0.3, 0.4) is 0 Å². The number of carbonyl (C=O) groups excluding carboxylic acids is 1. The summed E-state index contributed by atoms with van der Waals surface area (Å²) in [6.45, 7) is 4.85. The molecule has 142 valence electrons. The molecule has 8 nitrogen and oxygen atoms in total. The highest BCUT2D eigenvalue weighted by Gasteiger charge is 2.22. The Balaban J connectivity index is 1.76. The molecular weight excluding hydrogens is 346 g/mol. The standard InChI is InChI=1S/C19H23N5O3/c1-14(2)6-18(15-4-3-5-20-7-15)23-19(25)24(8-16-10-26-12-21-16)9-17-11-27-13-22-17/h3-5,7,10-14,18H,6,8-9H2,1-2H3,(H,23,25). The molecule has 3 rings (SSSR count). The van der Waals surface area contributed by atoms with Gasteiger partial charge in [0, 0.05) is 12.4 Å². The van der Waals surface area contributed by atoms with Crippen LogP contribution in [0.15, 0.2) is 58.7 Å². The van der Waals surface area contributed by atoms with E-state index in [1.165, 1.54) is 25.3 Å². The minimum absolute atomic E-state index is 0.136. The molecule has 8 heteroatoms. The first kappa shape index (κ1) is 18.6. The average Bonchev–Trinajstić information content (AvgIpc) is 3.35. The van der Waals surface area contributed by atoms with Gasteiger partial charge in [0.05, 0.1) is 30.5 Å². The van der Waals surface area contributed by atoms with Crippen molar-refractivity contribution in [2.45, 2.75) is 39.4 Å². The molecule has 0 aliphatic heterocycles. The minimum atomic E-state index is -0.212. The van der Waals surface area contributed by atoms with Crippen molar-refractivity contribution in [1.29, 1.82) is 0 Å². The highest BCUT2D eigenvalue weighted by Crippen LogP contribution is 2.21. The lowest BCUT2D eigenvalue weighted by molar-refractivity contribution is 0.185. The van der Waals surface area contributed by atoms with Crippen LogP contribution in [0.4, 0.5) is 4.79 Å². The molecular formula is C19H23N5O3. The predicted octanol–water partition coefficient (Wildman–Crippen LogP) is 3.56. The van der Waals surface area contributed by atoms with Crippen molar-refractivity contribution in [3.8, 4) is 0 Å². The van der Waals surface area contributed by atoms with E-state index in [9.17, 15) is 4.79 Å². The fraction of sp³-hybridized carbons (Fsp3) is 0.368. The largest absolute Gasteiger partial charge is 0.451 e. The summed E-state index contributed by atoms with van der Waals surface area (Å²) in [6.07, 6.45) is 10.0. The number of hydrogen-bond donors (Lipinski definition) is 1. The van der Waals surface area contributed by atoms with Gasteiger partial charge in [0.2, 0.25) is 0 Å². The number of rotatable bonds is 8. The third-order valence-corrected chi connectivity index (χ3v) is 4.05. The van der Waals surface area contributed by atoms with Crippen LogP contribution in [-0.2, 0) is 13.1 Å². The van der Waals surface area contributed by atoms with E-state index in [-0.39, 0.29) is 12.1 Å². The number of nitrogens with zero attached hydrogens (tertiary/aromatic N) is 4. The number of pyridine rings is 1. The molecule has 0 fully saturated rings.